The highest BCUT2D eigenvalue weighted by Crippen LogP contribution is 2.52. The van der Waals surface area contributed by atoms with Crippen molar-refractivity contribution >= 4 is 17.6 Å². The number of carbonyl (C=O) groups is 2. The quantitative estimate of drug-likeness (QED) is 0.887. The molecular formula is C15H21N3O3. The van der Waals surface area contributed by atoms with Gasteiger partial charge in [-0.1, -0.05) is 0 Å². The number of rotatable bonds is 4. The maximum atomic E-state index is 12.6. The predicted molar refractivity (Wildman–Crippen MR) is 76.7 cm³/mol. The first-order chi connectivity index (χ1) is 10.0. The van der Waals surface area contributed by atoms with Crippen molar-refractivity contribution in [3.63, 3.8) is 0 Å². The molecule has 0 radical (unpaired) electrons. The summed E-state index contributed by atoms with van der Waals surface area (Å²) in [7, 11) is 0. The second kappa shape index (κ2) is 5.16. The smallest absolute Gasteiger partial charge is 0.307 e. The molecule has 3 rings (SSSR count). The molecular weight excluding hydrogens is 270 g/mol. The maximum Gasteiger partial charge on any atom is 0.307 e. The van der Waals surface area contributed by atoms with Gasteiger partial charge in [0.15, 0.2) is 0 Å². The molecule has 4 unspecified atom stereocenters. The first-order valence-electron chi connectivity index (χ1n) is 7.59. The van der Waals surface area contributed by atoms with Crippen LogP contribution in [0.25, 0.3) is 0 Å². The zero-order valence-corrected chi connectivity index (χ0v) is 12.4. The van der Waals surface area contributed by atoms with E-state index in [1.54, 1.807) is 6.20 Å². The molecule has 2 aliphatic carbocycles. The van der Waals surface area contributed by atoms with Crippen LogP contribution in [-0.2, 0) is 16.1 Å². The van der Waals surface area contributed by atoms with Gasteiger partial charge in [0.25, 0.3) is 0 Å². The summed E-state index contributed by atoms with van der Waals surface area (Å²) in [4.78, 5) is 24.0. The van der Waals surface area contributed by atoms with Gasteiger partial charge in [0, 0.05) is 6.54 Å². The lowest BCUT2D eigenvalue weighted by Crippen LogP contribution is -2.37. The number of hydrogen-bond acceptors (Lipinski definition) is 3. The summed E-state index contributed by atoms with van der Waals surface area (Å²) in [6.07, 6.45) is 4.43. The molecule has 0 saturated heterocycles. The molecule has 2 aliphatic rings. The number of amides is 1. The zero-order chi connectivity index (χ0) is 15.1. The van der Waals surface area contributed by atoms with Crippen LogP contribution in [0, 0.1) is 30.6 Å². The topological polar surface area (TPSA) is 84.2 Å². The number of nitrogens with zero attached hydrogens (tertiary/aromatic N) is 2. The number of anilines is 1. The van der Waals surface area contributed by atoms with Gasteiger partial charge in [0.05, 0.1) is 29.4 Å². The van der Waals surface area contributed by atoms with Crippen LogP contribution < -0.4 is 5.32 Å². The molecule has 2 saturated carbocycles. The highest BCUT2D eigenvalue weighted by molar-refractivity contribution is 5.96. The van der Waals surface area contributed by atoms with E-state index in [1.807, 2.05) is 18.5 Å². The summed E-state index contributed by atoms with van der Waals surface area (Å²) < 4.78 is 1.81. The van der Waals surface area contributed by atoms with Crippen molar-refractivity contribution in [2.75, 3.05) is 5.32 Å². The van der Waals surface area contributed by atoms with Gasteiger partial charge < -0.3 is 10.4 Å². The summed E-state index contributed by atoms with van der Waals surface area (Å²) in [5.41, 5.74) is 1.59. The van der Waals surface area contributed by atoms with Crippen molar-refractivity contribution < 1.29 is 14.7 Å². The molecule has 2 bridgehead atoms. The summed E-state index contributed by atoms with van der Waals surface area (Å²) >= 11 is 0. The molecule has 1 aromatic rings. The summed E-state index contributed by atoms with van der Waals surface area (Å²) in [6.45, 7) is 4.64. The van der Waals surface area contributed by atoms with E-state index < -0.39 is 17.8 Å². The third-order valence-electron chi connectivity index (χ3n) is 5.16. The maximum absolute atomic E-state index is 12.6. The van der Waals surface area contributed by atoms with E-state index >= 15 is 0 Å². The number of carboxylic acids is 1. The van der Waals surface area contributed by atoms with Crippen LogP contribution in [0.4, 0.5) is 5.69 Å². The minimum Gasteiger partial charge on any atom is -0.481 e. The molecule has 6 nitrogen and oxygen atoms in total. The Morgan fingerprint density at radius 1 is 1.38 bits per heavy atom. The number of nitrogens with one attached hydrogen (secondary N) is 1. The first-order valence-corrected chi connectivity index (χ1v) is 7.59. The normalized spacial score (nSPS) is 30.6. The van der Waals surface area contributed by atoms with E-state index in [0.717, 1.165) is 31.5 Å². The monoisotopic (exact) mass is 291 g/mol. The summed E-state index contributed by atoms with van der Waals surface area (Å²) in [6, 6.07) is 0. The van der Waals surface area contributed by atoms with Crippen molar-refractivity contribution in [3.05, 3.63) is 11.9 Å². The largest absolute Gasteiger partial charge is 0.481 e. The Morgan fingerprint density at radius 3 is 2.62 bits per heavy atom. The van der Waals surface area contributed by atoms with Crippen molar-refractivity contribution in [2.45, 2.75) is 39.7 Å². The van der Waals surface area contributed by atoms with Crippen LogP contribution in [0.15, 0.2) is 6.20 Å². The molecule has 2 fully saturated rings. The van der Waals surface area contributed by atoms with Crippen LogP contribution in [0.2, 0.25) is 0 Å². The molecule has 6 heteroatoms. The SMILES string of the molecule is CCn1ncc(NC(=O)C2C3CCC(C3)C2C(=O)O)c1C. The van der Waals surface area contributed by atoms with Crippen LogP contribution in [0.3, 0.4) is 0 Å². The van der Waals surface area contributed by atoms with Crippen LogP contribution >= 0.6 is 0 Å². The van der Waals surface area contributed by atoms with Gasteiger partial charge in [-0.05, 0) is 44.9 Å². The van der Waals surface area contributed by atoms with Gasteiger partial charge in [-0.2, -0.15) is 5.10 Å². The average molecular weight is 291 g/mol. The van der Waals surface area contributed by atoms with Crippen molar-refractivity contribution in [2.24, 2.45) is 23.7 Å². The van der Waals surface area contributed by atoms with Crippen molar-refractivity contribution in [1.82, 2.24) is 9.78 Å². The Labute approximate surface area is 123 Å². The highest BCUT2D eigenvalue weighted by atomic mass is 16.4. The van der Waals surface area contributed by atoms with E-state index in [1.165, 1.54) is 0 Å². The number of aliphatic carboxylic acids is 1. The Kier molecular flexibility index (Phi) is 3.47. The fourth-order valence-electron chi connectivity index (χ4n) is 4.13. The van der Waals surface area contributed by atoms with Crippen LogP contribution in [0.5, 0.6) is 0 Å². The minimum atomic E-state index is -0.830. The lowest BCUT2D eigenvalue weighted by Gasteiger charge is -2.26. The van der Waals surface area contributed by atoms with Gasteiger partial charge in [-0.15, -0.1) is 0 Å². The molecule has 21 heavy (non-hydrogen) atoms. The van der Waals surface area contributed by atoms with E-state index in [4.69, 9.17) is 0 Å². The van der Waals surface area contributed by atoms with Gasteiger partial charge in [0.2, 0.25) is 5.91 Å². The highest BCUT2D eigenvalue weighted by Gasteiger charge is 2.54. The van der Waals surface area contributed by atoms with Gasteiger partial charge in [-0.25, -0.2) is 0 Å². The standard InChI is InChI=1S/C15H21N3O3/c1-3-18-8(2)11(7-16-18)17-14(19)12-9-4-5-10(6-9)13(12)15(20)21/h7,9-10,12-13H,3-6H2,1-2H3,(H,17,19)(H,20,21). The number of aromatic nitrogens is 2. The Balaban J connectivity index is 1.78. The molecule has 0 aliphatic heterocycles. The predicted octanol–water partition coefficient (Wildman–Crippen LogP) is 1.90. The lowest BCUT2D eigenvalue weighted by molar-refractivity contribution is -0.148. The Hall–Kier alpha value is -1.85. The van der Waals surface area contributed by atoms with Crippen LogP contribution in [-0.4, -0.2) is 26.8 Å². The first kappa shape index (κ1) is 14.1. The minimum absolute atomic E-state index is 0.159. The number of carboxylic acid groups (broad SMARTS) is 1. The molecule has 114 valence electrons. The van der Waals surface area contributed by atoms with Gasteiger partial charge in [-0.3, -0.25) is 14.3 Å². The van der Waals surface area contributed by atoms with Crippen molar-refractivity contribution in [3.8, 4) is 0 Å². The Bertz CT molecular complexity index is 581. The lowest BCUT2D eigenvalue weighted by atomic mass is 9.78. The summed E-state index contributed by atoms with van der Waals surface area (Å²) in [5.74, 6) is -1.52. The fourth-order valence-corrected chi connectivity index (χ4v) is 4.13. The zero-order valence-electron chi connectivity index (χ0n) is 12.4. The Morgan fingerprint density at radius 2 is 2.05 bits per heavy atom. The van der Waals surface area contributed by atoms with E-state index in [0.29, 0.717) is 5.69 Å². The molecule has 0 aromatic carbocycles. The molecule has 0 spiro atoms. The third-order valence-corrected chi connectivity index (χ3v) is 5.16. The van der Waals surface area contributed by atoms with Crippen molar-refractivity contribution in [1.29, 1.82) is 0 Å². The second-order valence-electron chi connectivity index (χ2n) is 6.17. The molecule has 1 heterocycles. The van der Waals surface area contributed by atoms with Crippen LogP contribution in [0.1, 0.15) is 31.9 Å². The fraction of sp³-hybridized carbons (Fsp3) is 0.667. The molecule has 1 aromatic heterocycles. The van der Waals surface area contributed by atoms with Gasteiger partial charge >= 0.3 is 5.97 Å². The number of hydrogen-bond donors (Lipinski definition) is 2. The third kappa shape index (κ3) is 2.22. The molecule has 1 amide bonds. The van der Waals surface area contributed by atoms with E-state index in [2.05, 4.69) is 10.4 Å². The van der Waals surface area contributed by atoms with E-state index in [-0.39, 0.29) is 17.7 Å². The number of fused-ring (bicyclic) bond motifs is 2. The van der Waals surface area contributed by atoms with Gasteiger partial charge in [0.1, 0.15) is 0 Å². The van der Waals surface area contributed by atoms with E-state index in [9.17, 15) is 14.7 Å². The number of aryl methyl sites for hydroxylation is 1. The second-order valence-corrected chi connectivity index (χ2v) is 6.17. The molecule has 4 atom stereocenters. The molecule has 2 N–H and O–H groups in total. The average Bonchev–Trinajstić information content (AvgIpc) is 3.13. The summed E-state index contributed by atoms with van der Waals surface area (Å²) in [5, 5.41) is 16.5. The number of carbonyl (C=O) groups excluding carboxylic acids is 1.